The Morgan fingerprint density at radius 2 is 1.69 bits per heavy atom. The van der Waals surface area contributed by atoms with E-state index in [4.69, 9.17) is 9.15 Å². The van der Waals surface area contributed by atoms with Crippen molar-refractivity contribution in [2.24, 2.45) is 0 Å². The number of pyridine rings is 1. The molecule has 0 fully saturated rings. The highest BCUT2D eigenvalue weighted by atomic mass is 16.5. The highest BCUT2D eigenvalue weighted by Crippen LogP contribution is 2.26. The van der Waals surface area contributed by atoms with Crippen LogP contribution in [0.1, 0.15) is 40.0 Å². The van der Waals surface area contributed by atoms with Crippen LogP contribution < -0.4 is 0 Å². The molecule has 0 atom stereocenters. The standard InChI is InChI=1S/C24H22N2O3/c1-4-19-15(2)22(18-12-8-9-13-20(18)25-19)24(27)28-14-21-16(3)29-23(26-21)17-10-6-5-7-11-17/h5-13H,4,14H2,1-3H3. The molecule has 0 amide bonds. The summed E-state index contributed by atoms with van der Waals surface area (Å²) in [5, 5.41) is 0.800. The van der Waals surface area contributed by atoms with Crippen molar-refractivity contribution in [1.29, 1.82) is 0 Å². The highest BCUT2D eigenvalue weighted by molar-refractivity contribution is 6.05. The third-order valence-corrected chi connectivity index (χ3v) is 5.03. The van der Waals surface area contributed by atoms with Gasteiger partial charge in [-0.3, -0.25) is 4.98 Å². The number of hydrogen-bond donors (Lipinski definition) is 0. The van der Waals surface area contributed by atoms with E-state index in [0.717, 1.165) is 34.1 Å². The quantitative estimate of drug-likeness (QED) is 0.428. The van der Waals surface area contributed by atoms with E-state index in [1.807, 2.05) is 75.4 Å². The van der Waals surface area contributed by atoms with Crippen molar-refractivity contribution in [3.8, 4) is 11.5 Å². The molecule has 4 rings (SSSR count). The number of rotatable bonds is 5. The summed E-state index contributed by atoms with van der Waals surface area (Å²) in [6, 6.07) is 17.3. The van der Waals surface area contributed by atoms with Gasteiger partial charge in [0.1, 0.15) is 18.1 Å². The maximum absolute atomic E-state index is 13.0. The molecular weight excluding hydrogens is 364 g/mol. The van der Waals surface area contributed by atoms with Crippen LogP contribution in [-0.4, -0.2) is 15.9 Å². The van der Waals surface area contributed by atoms with Crippen molar-refractivity contribution < 1.29 is 13.9 Å². The Bertz CT molecular complexity index is 1180. The van der Waals surface area contributed by atoms with Crippen LogP contribution in [0, 0.1) is 13.8 Å². The molecule has 0 unspecified atom stereocenters. The number of hydrogen-bond acceptors (Lipinski definition) is 5. The van der Waals surface area contributed by atoms with Crippen molar-refractivity contribution in [3.63, 3.8) is 0 Å². The Morgan fingerprint density at radius 3 is 2.45 bits per heavy atom. The van der Waals surface area contributed by atoms with Crippen LogP contribution in [0.3, 0.4) is 0 Å². The molecule has 0 saturated heterocycles. The lowest BCUT2D eigenvalue weighted by molar-refractivity contribution is 0.0468. The van der Waals surface area contributed by atoms with Gasteiger partial charge in [0.25, 0.3) is 0 Å². The van der Waals surface area contributed by atoms with E-state index >= 15 is 0 Å². The van der Waals surface area contributed by atoms with Gasteiger partial charge >= 0.3 is 5.97 Å². The molecule has 0 N–H and O–H groups in total. The lowest BCUT2D eigenvalue weighted by atomic mass is 10.0. The minimum absolute atomic E-state index is 0.0541. The lowest BCUT2D eigenvalue weighted by Crippen LogP contribution is -2.11. The Balaban J connectivity index is 1.61. The molecule has 0 spiro atoms. The van der Waals surface area contributed by atoms with Gasteiger partial charge in [-0.25, -0.2) is 9.78 Å². The summed E-state index contributed by atoms with van der Waals surface area (Å²) in [6.45, 7) is 5.83. The van der Waals surface area contributed by atoms with Gasteiger partial charge in [-0.15, -0.1) is 0 Å². The first kappa shape index (κ1) is 18.9. The SMILES string of the molecule is CCc1nc2ccccc2c(C(=O)OCc2nc(-c3ccccc3)oc2C)c1C. The van der Waals surface area contributed by atoms with Gasteiger partial charge < -0.3 is 9.15 Å². The molecular formula is C24H22N2O3. The summed E-state index contributed by atoms with van der Waals surface area (Å²) in [7, 11) is 0. The molecule has 2 aromatic carbocycles. The predicted molar refractivity (Wildman–Crippen MR) is 112 cm³/mol. The van der Waals surface area contributed by atoms with Crippen LogP contribution in [-0.2, 0) is 17.8 Å². The van der Waals surface area contributed by atoms with Crippen LogP contribution in [0.5, 0.6) is 0 Å². The minimum Gasteiger partial charge on any atom is -0.455 e. The number of oxazole rings is 1. The van der Waals surface area contributed by atoms with E-state index in [0.29, 0.717) is 22.9 Å². The molecule has 0 aliphatic rings. The Kier molecular flexibility index (Phi) is 5.12. The van der Waals surface area contributed by atoms with Crippen molar-refractivity contribution >= 4 is 16.9 Å². The van der Waals surface area contributed by atoms with Gasteiger partial charge in [0, 0.05) is 16.6 Å². The van der Waals surface area contributed by atoms with Crippen LogP contribution in [0.15, 0.2) is 59.0 Å². The average Bonchev–Trinajstić information content (AvgIpc) is 3.12. The zero-order valence-corrected chi connectivity index (χ0v) is 16.7. The fraction of sp³-hybridized carbons (Fsp3) is 0.208. The highest BCUT2D eigenvalue weighted by Gasteiger charge is 2.20. The minimum atomic E-state index is -0.375. The van der Waals surface area contributed by atoms with Crippen LogP contribution >= 0.6 is 0 Å². The van der Waals surface area contributed by atoms with Crippen molar-refractivity contribution in [2.45, 2.75) is 33.8 Å². The second-order valence-electron chi connectivity index (χ2n) is 6.89. The number of ether oxygens (including phenoxy) is 1. The molecule has 146 valence electrons. The van der Waals surface area contributed by atoms with E-state index in [2.05, 4.69) is 9.97 Å². The number of carbonyl (C=O) groups excluding carboxylic acids is 1. The molecule has 0 saturated carbocycles. The molecule has 0 bridgehead atoms. The van der Waals surface area contributed by atoms with Gasteiger partial charge in [0.05, 0.1) is 11.1 Å². The first-order valence-electron chi connectivity index (χ1n) is 9.65. The zero-order chi connectivity index (χ0) is 20.4. The normalized spacial score (nSPS) is 11.0. The molecule has 0 aliphatic heterocycles. The van der Waals surface area contributed by atoms with E-state index in [1.54, 1.807) is 0 Å². The topological polar surface area (TPSA) is 65.2 Å². The first-order valence-corrected chi connectivity index (χ1v) is 9.65. The summed E-state index contributed by atoms with van der Waals surface area (Å²) in [5.41, 5.74) is 4.63. The second-order valence-corrected chi connectivity index (χ2v) is 6.89. The number of esters is 1. The molecule has 2 heterocycles. The van der Waals surface area contributed by atoms with Gasteiger partial charge in [0.2, 0.25) is 5.89 Å². The third-order valence-electron chi connectivity index (χ3n) is 5.03. The van der Waals surface area contributed by atoms with Gasteiger partial charge in [-0.2, -0.15) is 0 Å². The number of para-hydroxylation sites is 1. The van der Waals surface area contributed by atoms with E-state index in [9.17, 15) is 4.79 Å². The molecule has 4 aromatic rings. The summed E-state index contributed by atoms with van der Waals surface area (Å²) in [6.07, 6.45) is 0.750. The second kappa shape index (κ2) is 7.87. The van der Waals surface area contributed by atoms with Crippen molar-refractivity contribution in [1.82, 2.24) is 9.97 Å². The number of benzene rings is 2. The molecule has 2 aromatic heterocycles. The number of carbonyl (C=O) groups is 1. The Labute approximate surface area is 169 Å². The van der Waals surface area contributed by atoms with E-state index in [-0.39, 0.29) is 12.6 Å². The average molecular weight is 386 g/mol. The monoisotopic (exact) mass is 386 g/mol. The summed E-state index contributed by atoms with van der Waals surface area (Å²) >= 11 is 0. The Hall–Kier alpha value is -3.47. The van der Waals surface area contributed by atoms with Gasteiger partial charge in [-0.1, -0.05) is 43.3 Å². The number of fused-ring (bicyclic) bond motifs is 1. The lowest BCUT2D eigenvalue weighted by Gasteiger charge is -2.13. The van der Waals surface area contributed by atoms with Crippen molar-refractivity contribution in [2.75, 3.05) is 0 Å². The fourth-order valence-corrected chi connectivity index (χ4v) is 3.44. The number of aryl methyl sites for hydroxylation is 2. The van der Waals surface area contributed by atoms with E-state index in [1.165, 1.54) is 0 Å². The molecule has 0 aliphatic carbocycles. The smallest absolute Gasteiger partial charge is 0.339 e. The first-order chi connectivity index (χ1) is 14.1. The summed E-state index contributed by atoms with van der Waals surface area (Å²) in [4.78, 5) is 22.2. The maximum atomic E-state index is 13.0. The van der Waals surface area contributed by atoms with Crippen LogP contribution in [0.25, 0.3) is 22.4 Å². The maximum Gasteiger partial charge on any atom is 0.339 e. The van der Waals surface area contributed by atoms with Crippen molar-refractivity contribution in [3.05, 3.63) is 82.9 Å². The zero-order valence-electron chi connectivity index (χ0n) is 16.7. The summed E-state index contributed by atoms with van der Waals surface area (Å²) in [5.74, 6) is 0.787. The van der Waals surface area contributed by atoms with E-state index < -0.39 is 0 Å². The largest absolute Gasteiger partial charge is 0.455 e. The predicted octanol–water partition coefficient (Wildman–Crippen LogP) is 5.43. The molecule has 5 nitrogen and oxygen atoms in total. The fourth-order valence-electron chi connectivity index (χ4n) is 3.44. The molecule has 0 radical (unpaired) electrons. The summed E-state index contributed by atoms with van der Waals surface area (Å²) < 4.78 is 11.4. The molecule has 5 heteroatoms. The third kappa shape index (κ3) is 3.63. The van der Waals surface area contributed by atoms with Gasteiger partial charge in [-0.05, 0) is 44.0 Å². The molecule has 29 heavy (non-hydrogen) atoms. The van der Waals surface area contributed by atoms with Crippen LogP contribution in [0.2, 0.25) is 0 Å². The number of nitrogens with zero attached hydrogens (tertiary/aromatic N) is 2. The van der Waals surface area contributed by atoms with Crippen LogP contribution in [0.4, 0.5) is 0 Å². The Morgan fingerprint density at radius 1 is 0.966 bits per heavy atom. The number of aromatic nitrogens is 2. The van der Waals surface area contributed by atoms with Gasteiger partial charge in [0.15, 0.2) is 0 Å².